The molecule has 168 valence electrons. The molecule has 1 aliphatic carbocycles. The first-order valence-corrected chi connectivity index (χ1v) is 11.3. The molecule has 0 saturated heterocycles. The third kappa shape index (κ3) is 4.61. The number of nitrogen functional groups attached to an aromatic ring is 1. The highest BCUT2D eigenvalue weighted by Gasteiger charge is 2.25. The standard InChI is InChI=1S/C24H24ClN7O/c25-19-13-29-24(32-22(19)18-5-2-6-20-17(18)9-10-27-20)31-16-4-1-3-15(11-16)30-23(33)21-8-7-14(26)12-28-21/h2,5-10,12-13,15-16,27H,1,3-4,11,26H2,(H,30,33)(H,29,31,32)/t15-,16+/m0/s1. The van der Waals surface area contributed by atoms with Crippen LogP contribution in [0.3, 0.4) is 0 Å². The third-order valence-electron chi connectivity index (χ3n) is 5.96. The molecule has 0 aliphatic heterocycles. The van der Waals surface area contributed by atoms with E-state index in [-0.39, 0.29) is 18.0 Å². The molecule has 0 bridgehead atoms. The van der Waals surface area contributed by atoms with Gasteiger partial charge in [0, 0.05) is 34.7 Å². The highest BCUT2D eigenvalue weighted by atomic mass is 35.5. The second kappa shape index (κ2) is 9.07. The summed E-state index contributed by atoms with van der Waals surface area (Å²) in [4.78, 5) is 29.0. The number of carbonyl (C=O) groups excluding carboxylic acids is 1. The van der Waals surface area contributed by atoms with Crippen molar-refractivity contribution in [1.29, 1.82) is 0 Å². The number of fused-ring (bicyclic) bond motifs is 1. The van der Waals surface area contributed by atoms with Gasteiger partial charge in [-0.2, -0.15) is 0 Å². The van der Waals surface area contributed by atoms with Gasteiger partial charge in [-0.1, -0.05) is 23.7 Å². The number of hydrogen-bond donors (Lipinski definition) is 4. The average molecular weight is 462 g/mol. The molecule has 1 saturated carbocycles. The number of hydrogen-bond acceptors (Lipinski definition) is 6. The predicted molar refractivity (Wildman–Crippen MR) is 130 cm³/mol. The Morgan fingerprint density at radius 3 is 2.82 bits per heavy atom. The molecule has 33 heavy (non-hydrogen) atoms. The van der Waals surface area contributed by atoms with Gasteiger partial charge >= 0.3 is 0 Å². The summed E-state index contributed by atoms with van der Waals surface area (Å²) in [5.41, 5.74) is 9.22. The van der Waals surface area contributed by atoms with Crippen molar-refractivity contribution in [2.45, 2.75) is 37.8 Å². The van der Waals surface area contributed by atoms with Crippen LogP contribution in [0.2, 0.25) is 5.02 Å². The molecular formula is C24H24ClN7O. The molecule has 1 fully saturated rings. The van der Waals surface area contributed by atoms with Crippen LogP contribution < -0.4 is 16.4 Å². The van der Waals surface area contributed by atoms with Gasteiger partial charge in [0.05, 0.1) is 28.8 Å². The zero-order chi connectivity index (χ0) is 22.8. The molecule has 3 heterocycles. The molecule has 0 radical (unpaired) electrons. The molecule has 8 nitrogen and oxygen atoms in total. The van der Waals surface area contributed by atoms with E-state index in [0.29, 0.717) is 28.0 Å². The van der Waals surface area contributed by atoms with Gasteiger partial charge in [0.15, 0.2) is 0 Å². The van der Waals surface area contributed by atoms with Crippen LogP contribution in [0, 0.1) is 0 Å². The van der Waals surface area contributed by atoms with E-state index in [0.717, 1.165) is 42.1 Å². The van der Waals surface area contributed by atoms with Crippen molar-refractivity contribution >= 4 is 40.0 Å². The quantitative estimate of drug-likeness (QED) is 0.349. The van der Waals surface area contributed by atoms with Crippen LogP contribution in [0.1, 0.15) is 36.2 Å². The van der Waals surface area contributed by atoms with Gasteiger partial charge in [0.25, 0.3) is 5.91 Å². The number of aromatic nitrogens is 4. The van der Waals surface area contributed by atoms with Crippen LogP contribution in [0.25, 0.3) is 22.2 Å². The van der Waals surface area contributed by atoms with Gasteiger partial charge in [-0.3, -0.25) is 4.79 Å². The Hall–Kier alpha value is -3.65. The van der Waals surface area contributed by atoms with E-state index in [9.17, 15) is 4.79 Å². The minimum Gasteiger partial charge on any atom is -0.397 e. The monoisotopic (exact) mass is 461 g/mol. The average Bonchev–Trinajstić information content (AvgIpc) is 3.30. The molecule has 5 rings (SSSR count). The van der Waals surface area contributed by atoms with Crippen LogP contribution in [-0.2, 0) is 0 Å². The maximum Gasteiger partial charge on any atom is 0.270 e. The Bertz CT molecular complexity index is 1290. The molecule has 1 aromatic carbocycles. The first kappa shape index (κ1) is 21.2. The number of halogens is 1. The number of rotatable bonds is 5. The van der Waals surface area contributed by atoms with Crippen molar-refractivity contribution in [3.63, 3.8) is 0 Å². The Labute approximate surface area is 196 Å². The van der Waals surface area contributed by atoms with E-state index in [1.165, 1.54) is 6.20 Å². The zero-order valence-corrected chi connectivity index (χ0v) is 18.6. The van der Waals surface area contributed by atoms with Crippen LogP contribution in [-0.4, -0.2) is 37.9 Å². The van der Waals surface area contributed by atoms with Crippen LogP contribution >= 0.6 is 11.6 Å². The number of H-pyrrole nitrogens is 1. The number of nitrogens with zero attached hydrogens (tertiary/aromatic N) is 3. The fourth-order valence-electron chi connectivity index (χ4n) is 4.35. The number of aromatic amines is 1. The predicted octanol–water partition coefficient (Wildman–Crippen LogP) is 4.41. The van der Waals surface area contributed by atoms with Crippen molar-refractivity contribution in [2.75, 3.05) is 11.1 Å². The van der Waals surface area contributed by atoms with Crippen LogP contribution in [0.4, 0.5) is 11.6 Å². The Morgan fingerprint density at radius 2 is 1.97 bits per heavy atom. The first-order valence-electron chi connectivity index (χ1n) is 10.9. The number of carbonyl (C=O) groups is 1. The Morgan fingerprint density at radius 1 is 1.09 bits per heavy atom. The fourth-order valence-corrected chi connectivity index (χ4v) is 4.54. The molecular weight excluding hydrogens is 438 g/mol. The molecule has 2 atom stereocenters. The maximum absolute atomic E-state index is 12.5. The molecule has 0 spiro atoms. The third-order valence-corrected chi connectivity index (χ3v) is 6.23. The Balaban J connectivity index is 1.29. The molecule has 3 aromatic heterocycles. The number of nitrogens with one attached hydrogen (secondary N) is 3. The number of anilines is 2. The summed E-state index contributed by atoms with van der Waals surface area (Å²) in [6.45, 7) is 0. The number of nitrogens with two attached hydrogens (primary N) is 1. The highest BCUT2D eigenvalue weighted by Crippen LogP contribution is 2.32. The first-order chi connectivity index (χ1) is 16.1. The van der Waals surface area contributed by atoms with Gasteiger partial charge in [0.2, 0.25) is 5.95 Å². The summed E-state index contributed by atoms with van der Waals surface area (Å²) in [7, 11) is 0. The van der Waals surface area contributed by atoms with Gasteiger partial charge in [0.1, 0.15) is 5.69 Å². The van der Waals surface area contributed by atoms with E-state index < -0.39 is 0 Å². The summed E-state index contributed by atoms with van der Waals surface area (Å²) >= 11 is 6.47. The second-order valence-electron chi connectivity index (χ2n) is 8.29. The topological polar surface area (TPSA) is 122 Å². The van der Waals surface area contributed by atoms with Crippen LogP contribution in [0.15, 0.2) is 55.0 Å². The summed E-state index contributed by atoms with van der Waals surface area (Å²) in [6, 6.07) is 11.5. The van der Waals surface area contributed by atoms with Crippen molar-refractivity contribution in [3.8, 4) is 11.3 Å². The molecule has 5 N–H and O–H groups in total. The second-order valence-corrected chi connectivity index (χ2v) is 8.70. The molecule has 1 amide bonds. The normalized spacial score (nSPS) is 18.2. The van der Waals surface area contributed by atoms with Crippen LogP contribution in [0.5, 0.6) is 0 Å². The van der Waals surface area contributed by atoms with E-state index in [4.69, 9.17) is 22.3 Å². The fraction of sp³-hybridized carbons (Fsp3) is 0.250. The molecule has 1 aliphatic rings. The summed E-state index contributed by atoms with van der Waals surface area (Å²) in [6.07, 6.45) is 8.67. The number of amides is 1. The van der Waals surface area contributed by atoms with Gasteiger partial charge in [-0.25, -0.2) is 15.0 Å². The smallest absolute Gasteiger partial charge is 0.270 e. The minimum atomic E-state index is -0.190. The lowest BCUT2D eigenvalue weighted by atomic mass is 9.91. The number of pyridine rings is 1. The van der Waals surface area contributed by atoms with E-state index in [1.807, 2.05) is 30.5 Å². The summed E-state index contributed by atoms with van der Waals surface area (Å²) in [5.74, 6) is 0.337. The highest BCUT2D eigenvalue weighted by molar-refractivity contribution is 6.33. The summed E-state index contributed by atoms with van der Waals surface area (Å²) in [5, 5.41) is 8.08. The Kier molecular flexibility index (Phi) is 5.83. The number of benzene rings is 1. The van der Waals surface area contributed by atoms with Crippen molar-refractivity contribution in [3.05, 3.63) is 65.7 Å². The van der Waals surface area contributed by atoms with Crippen molar-refractivity contribution < 1.29 is 4.79 Å². The van der Waals surface area contributed by atoms with E-state index in [1.54, 1.807) is 18.3 Å². The lowest BCUT2D eigenvalue weighted by Crippen LogP contribution is -2.42. The largest absolute Gasteiger partial charge is 0.397 e. The summed E-state index contributed by atoms with van der Waals surface area (Å²) < 4.78 is 0. The lowest BCUT2D eigenvalue weighted by molar-refractivity contribution is 0.0921. The van der Waals surface area contributed by atoms with Gasteiger partial charge < -0.3 is 21.4 Å². The molecule has 4 aromatic rings. The van der Waals surface area contributed by atoms with Gasteiger partial charge in [-0.15, -0.1) is 0 Å². The van der Waals surface area contributed by atoms with E-state index >= 15 is 0 Å². The van der Waals surface area contributed by atoms with Crippen molar-refractivity contribution in [2.24, 2.45) is 0 Å². The minimum absolute atomic E-state index is 0.0449. The van der Waals surface area contributed by atoms with Crippen molar-refractivity contribution in [1.82, 2.24) is 25.3 Å². The zero-order valence-electron chi connectivity index (χ0n) is 17.9. The van der Waals surface area contributed by atoms with Gasteiger partial charge in [-0.05, 0) is 49.9 Å². The molecule has 9 heteroatoms. The SMILES string of the molecule is Nc1ccc(C(=O)N[C@H]2CCC[C@@H](Nc3ncc(Cl)c(-c4cccc5[nH]ccc45)n3)C2)nc1. The molecule has 0 unspecified atom stereocenters. The van der Waals surface area contributed by atoms with E-state index in [2.05, 4.69) is 25.6 Å². The lowest BCUT2D eigenvalue weighted by Gasteiger charge is -2.30. The maximum atomic E-state index is 12.5.